The van der Waals surface area contributed by atoms with Gasteiger partial charge in [0.05, 0.1) is 0 Å². The molecule has 1 aliphatic rings. The van der Waals surface area contributed by atoms with Gasteiger partial charge in [-0.05, 0) is 0 Å². The molecule has 2 heteroatoms. The molecule has 0 aliphatic carbocycles. The molecule has 0 spiro atoms. The Labute approximate surface area is 50.0 Å². The standard InChI is InChI=1S/C6H12N2/c1-6(2,3)5-7-4-8-5/h4H2,1-3H3,(H,7,8). The van der Waals surface area contributed by atoms with E-state index >= 15 is 0 Å². The fraction of sp³-hybridized carbons (Fsp3) is 0.833. The molecule has 1 aliphatic heterocycles. The van der Waals surface area contributed by atoms with Gasteiger partial charge in [-0.25, -0.2) is 0 Å². The van der Waals surface area contributed by atoms with Crippen LogP contribution in [-0.4, -0.2) is 12.5 Å². The predicted molar refractivity (Wildman–Crippen MR) is 34.9 cm³/mol. The number of hydrogen-bond acceptors (Lipinski definition) is 2. The minimum atomic E-state index is 0.234. The lowest BCUT2D eigenvalue weighted by molar-refractivity contribution is 0.538. The summed E-state index contributed by atoms with van der Waals surface area (Å²) in [5, 5.41) is 3.14. The van der Waals surface area contributed by atoms with E-state index in [0.717, 1.165) is 12.5 Å². The van der Waals surface area contributed by atoms with Crippen molar-refractivity contribution in [3.8, 4) is 0 Å². The maximum atomic E-state index is 4.15. The summed E-state index contributed by atoms with van der Waals surface area (Å²) in [4.78, 5) is 4.15. The van der Waals surface area contributed by atoms with Crippen LogP contribution >= 0.6 is 0 Å². The van der Waals surface area contributed by atoms with Crippen LogP contribution in [0.3, 0.4) is 0 Å². The average Bonchev–Trinajstić information content (AvgIpc) is 1.16. The number of nitrogens with one attached hydrogen (secondary N) is 1. The zero-order valence-electron chi connectivity index (χ0n) is 5.65. The second kappa shape index (κ2) is 1.47. The highest BCUT2D eigenvalue weighted by molar-refractivity contribution is 5.90. The topological polar surface area (TPSA) is 24.4 Å². The first-order valence-corrected chi connectivity index (χ1v) is 2.89. The van der Waals surface area contributed by atoms with Gasteiger partial charge in [-0.2, -0.15) is 0 Å². The molecule has 0 aromatic rings. The van der Waals surface area contributed by atoms with Gasteiger partial charge in [0, 0.05) is 5.41 Å². The molecule has 46 valence electrons. The summed E-state index contributed by atoms with van der Waals surface area (Å²) in [6.45, 7) is 7.26. The molecular formula is C6H12N2. The lowest BCUT2D eigenvalue weighted by Gasteiger charge is -2.27. The minimum Gasteiger partial charge on any atom is -0.354 e. The monoisotopic (exact) mass is 112 g/mol. The highest BCUT2D eigenvalue weighted by atomic mass is 15.2. The highest BCUT2D eigenvalue weighted by Crippen LogP contribution is 2.16. The van der Waals surface area contributed by atoms with Gasteiger partial charge >= 0.3 is 0 Å². The van der Waals surface area contributed by atoms with Crippen molar-refractivity contribution in [2.45, 2.75) is 20.8 Å². The Hall–Kier alpha value is -0.530. The van der Waals surface area contributed by atoms with E-state index in [1.54, 1.807) is 0 Å². The summed E-state index contributed by atoms with van der Waals surface area (Å²) in [5.74, 6) is 1.14. The molecule has 1 rings (SSSR count). The zero-order valence-corrected chi connectivity index (χ0v) is 5.65. The third-order valence-electron chi connectivity index (χ3n) is 1.19. The van der Waals surface area contributed by atoms with E-state index in [1.165, 1.54) is 0 Å². The van der Waals surface area contributed by atoms with Gasteiger partial charge in [-0.1, -0.05) is 20.8 Å². The molecule has 0 aromatic carbocycles. The van der Waals surface area contributed by atoms with Crippen LogP contribution in [0, 0.1) is 5.41 Å². The minimum absolute atomic E-state index is 0.234. The molecule has 0 aromatic heterocycles. The van der Waals surface area contributed by atoms with Crippen molar-refractivity contribution in [1.82, 2.24) is 5.32 Å². The lowest BCUT2D eigenvalue weighted by Crippen LogP contribution is -2.42. The molecule has 0 unspecified atom stereocenters. The van der Waals surface area contributed by atoms with Crippen LogP contribution in [0.1, 0.15) is 20.8 Å². The maximum Gasteiger partial charge on any atom is 0.110 e. The number of hydrogen-bond donors (Lipinski definition) is 1. The van der Waals surface area contributed by atoms with Crippen LogP contribution in [0.5, 0.6) is 0 Å². The van der Waals surface area contributed by atoms with Gasteiger partial charge in [0.15, 0.2) is 0 Å². The summed E-state index contributed by atoms with van der Waals surface area (Å²) in [5.41, 5.74) is 0.234. The molecular weight excluding hydrogens is 100 g/mol. The van der Waals surface area contributed by atoms with E-state index in [9.17, 15) is 0 Å². The second-order valence-electron chi connectivity index (χ2n) is 3.09. The Morgan fingerprint density at radius 1 is 1.50 bits per heavy atom. The Morgan fingerprint density at radius 2 is 2.00 bits per heavy atom. The molecule has 0 radical (unpaired) electrons. The summed E-state index contributed by atoms with van der Waals surface area (Å²) in [6, 6.07) is 0. The van der Waals surface area contributed by atoms with E-state index < -0.39 is 0 Å². The van der Waals surface area contributed by atoms with Gasteiger partial charge in [-0.3, -0.25) is 4.99 Å². The van der Waals surface area contributed by atoms with E-state index in [0.29, 0.717) is 0 Å². The van der Waals surface area contributed by atoms with Crippen molar-refractivity contribution < 1.29 is 0 Å². The summed E-state index contributed by atoms with van der Waals surface area (Å²) in [7, 11) is 0. The molecule has 0 atom stereocenters. The predicted octanol–water partition coefficient (Wildman–Crippen LogP) is 0.992. The molecule has 0 bridgehead atoms. The van der Waals surface area contributed by atoms with Gasteiger partial charge in [-0.15, -0.1) is 0 Å². The number of rotatable bonds is 0. The van der Waals surface area contributed by atoms with E-state index in [-0.39, 0.29) is 5.41 Å². The first-order valence-electron chi connectivity index (χ1n) is 2.89. The van der Waals surface area contributed by atoms with Crippen molar-refractivity contribution in [3.63, 3.8) is 0 Å². The van der Waals surface area contributed by atoms with Crippen LogP contribution in [0.2, 0.25) is 0 Å². The van der Waals surface area contributed by atoms with Gasteiger partial charge in [0.1, 0.15) is 12.5 Å². The molecule has 1 N–H and O–H groups in total. The molecule has 0 amide bonds. The number of aliphatic imine (C=N–C) groups is 1. The van der Waals surface area contributed by atoms with Gasteiger partial charge in [0.25, 0.3) is 0 Å². The summed E-state index contributed by atoms with van der Waals surface area (Å²) in [6.07, 6.45) is 0. The highest BCUT2D eigenvalue weighted by Gasteiger charge is 2.21. The van der Waals surface area contributed by atoms with E-state index in [2.05, 4.69) is 31.1 Å². The normalized spacial score (nSPS) is 18.6. The maximum absolute atomic E-state index is 4.15. The SMILES string of the molecule is CC(C)(C)C1=NCN1. The van der Waals surface area contributed by atoms with E-state index in [1.807, 2.05) is 0 Å². The number of nitrogens with zero attached hydrogens (tertiary/aromatic N) is 1. The first kappa shape index (κ1) is 5.60. The van der Waals surface area contributed by atoms with Crippen molar-refractivity contribution in [2.75, 3.05) is 6.67 Å². The number of amidine groups is 1. The van der Waals surface area contributed by atoms with E-state index in [4.69, 9.17) is 0 Å². The fourth-order valence-corrected chi connectivity index (χ4v) is 0.660. The van der Waals surface area contributed by atoms with Crippen LogP contribution in [0.15, 0.2) is 4.99 Å². The lowest BCUT2D eigenvalue weighted by atomic mass is 9.94. The Balaban J connectivity index is 2.59. The van der Waals surface area contributed by atoms with Crippen LogP contribution in [0.4, 0.5) is 0 Å². The van der Waals surface area contributed by atoms with Crippen molar-refractivity contribution >= 4 is 5.84 Å². The van der Waals surface area contributed by atoms with Crippen molar-refractivity contribution in [3.05, 3.63) is 0 Å². The largest absolute Gasteiger partial charge is 0.354 e. The van der Waals surface area contributed by atoms with Crippen molar-refractivity contribution in [1.29, 1.82) is 0 Å². The smallest absolute Gasteiger partial charge is 0.110 e. The third-order valence-corrected chi connectivity index (χ3v) is 1.19. The fourth-order valence-electron chi connectivity index (χ4n) is 0.660. The average molecular weight is 112 g/mol. The Bertz CT molecular complexity index is 119. The quantitative estimate of drug-likeness (QED) is 0.496. The molecule has 2 nitrogen and oxygen atoms in total. The first-order chi connectivity index (χ1) is 3.61. The molecule has 1 heterocycles. The molecule has 0 fully saturated rings. The van der Waals surface area contributed by atoms with Gasteiger partial charge < -0.3 is 5.32 Å². The Morgan fingerprint density at radius 3 is 2.00 bits per heavy atom. The van der Waals surface area contributed by atoms with Crippen LogP contribution in [0.25, 0.3) is 0 Å². The second-order valence-corrected chi connectivity index (χ2v) is 3.09. The summed E-state index contributed by atoms with van der Waals surface area (Å²) >= 11 is 0. The molecule has 8 heavy (non-hydrogen) atoms. The Kier molecular flexibility index (Phi) is 1.03. The molecule has 0 saturated heterocycles. The van der Waals surface area contributed by atoms with Gasteiger partial charge in [0.2, 0.25) is 0 Å². The van der Waals surface area contributed by atoms with Crippen molar-refractivity contribution in [2.24, 2.45) is 10.4 Å². The third kappa shape index (κ3) is 0.831. The molecule has 0 saturated carbocycles. The van der Waals surface area contributed by atoms with Crippen LogP contribution in [-0.2, 0) is 0 Å². The van der Waals surface area contributed by atoms with Crippen LogP contribution < -0.4 is 5.32 Å². The zero-order chi connectivity index (χ0) is 6.20. The summed E-state index contributed by atoms with van der Waals surface area (Å²) < 4.78 is 0.